The Labute approximate surface area is 127 Å². The zero-order chi connectivity index (χ0) is 15.5. The number of benzene rings is 1. The molecule has 0 unspecified atom stereocenters. The quantitative estimate of drug-likeness (QED) is 0.762. The van der Waals surface area contributed by atoms with Gasteiger partial charge in [-0.15, -0.1) is 0 Å². The Morgan fingerprint density at radius 1 is 1.33 bits per heavy atom. The molecule has 1 aromatic carbocycles. The van der Waals surface area contributed by atoms with Crippen LogP contribution in [-0.2, 0) is 16.6 Å². The minimum absolute atomic E-state index is 0.0368. The average molecular weight is 332 g/mol. The van der Waals surface area contributed by atoms with Crippen LogP contribution in [0.25, 0.3) is 0 Å². The highest BCUT2D eigenvalue weighted by Crippen LogP contribution is 2.23. The maximum absolute atomic E-state index is 13.6. The molecule has 5 nitrogen and oxygen atoms in total. The average Bonchev–Trinajstić information content (AvgIpc) is 2.90. The van der Waals surface area contributed by atoms with Gasteiger partial charge in [-0.1, -0.05) is 18.5 Å². The lowest BCUT2D eigenvalue weighted by Gasteiger charge is -2.07. The van der Waals surface area contributed by atoms with Crippen molar-refractivity contribution in [1.29, 1.82) is 0 Å². The lowest BCUT2D eigenvalue weighted by molar-refractivity contribution is 0.598. The van der Waals surface area contributed by atoms with E-state index in [1.54, 1.807) is 0 Å². The molecule has 0 saturated heterocycles. The molecule has 0 radical (unpaired) electrons. The molecule has 0 aliphatic rings. The van der Waals surface area contributed by atoms with Gasteiger partial charge in [-0.25, -0.2) is 12.8 Å². The minimum atomic E-state index is -3.86. The normalized spacial score (nSPS) is 11.6. The summed E-state index contributed by atoms with van der Waals surface area (Å²) in [6.45, 7) is 3.24. The molecule has 1 heterocycles. The van der Waals surface area contributed by atoms with Gasteiger partial charge in [0.05, 0.1) is 5.69 Å². The molecule has 0 atom stereocenters. The number of hydrogen-bond acceptors (Lipinski definition) is 3. The minimum Gasteiger partial charge on any atom is -0.363 e. The Bertz CT molecular complexity index is 731. The molecule has 2 rings (SSSR count). The number of nitrogens with one attached hydrogen (secondary N) is 3. The second-order valence-electron chi connectivity index (χ2n) is 4.37. The van der Waals surface area contributed by atoms with E-state index in [9.17, 15) is 12.8 Å². The maximum atomic E-state index is 13.6. The Morgan fingerprint density at radius 2 is 2.10 bits per heavy atom. The standard InChI is InChI=1S/C13H15ClFN3O2S/c1-2-16-7-10-6-11(8-17-10)21(19,20)18-13-5-9(14)3-4-12(13)15/h3-6,8,16-18H,2,7H2,1H3. The number of sulfonamides is 1. The second-order valence-corrected chi connectivity index (χ2v) is 6.49. The number of aromatic nitrogens is 1. The van der Waals surface area contributed by atoms with Crippen molar-refractivity contribution in [3.63, 3.8) is 0 Å². The third-order valence-electron chi connectivity index (χ3n) is 2.76. The molecule has 2 aromatic rings. The van der Waals surface area contributed by atoms with Gasteiger partial charge in [-0.3, -0.25) is 4.72 Å². The van der Waals surface area contributed by atoms with Gasteiger partial charge in [0.1, 0.15) is 10.7 Å². The largest absolute Gasteiger partial charge is 0.363 e. The number of halogens is 2. The predicted octanol–water partition coefficient (Wildman–Crippen LogP) is 2.72. The van der Waals surface area contributed by atoms with Crippen LogP contribution in [0.15, 0.2) is 35.4 Å². The fourth-order valence-corrected chi connectivity index (χ4v) is 2.96. The second kappa shape index (κ2) is 6.46. The van der Waals surface area contributed by atoms with Crippen molar-refractivity contribution in [2.24, 2.45) is 0 Å². The van der Waals surface area contributed by atoms with Gasteiger partial charge in [-0.2, -0.15) is 0 Å². The molecule has 0 amide bonds. The van der Waals surface area contributed by atoms with E-state index in [1.165, 1.54) is 24.4 Å². The molecule has 0 spiro atoms. The van der Waals surface area contributed by atoms with Crippen molar-refractivity contribution in [1.82, 2.24) is 10.3 Å². The van der Waals surface area contributed by atoms with E-state index in [-0.39, 0.29) is 15.6 Å². The highest BCUT2D eigenvalue weighted by Gasteiger charge is 2.18. The van der Waals surface area contributed by atoms with Crippen LogP contribution in [0.5, 0.6) is 0 Å². The van der Waals surface area contributed by atoms with Gasteiger partial charge >= 0.3 is 0 Å². The summed E-state index contributed by atoms with van der Waals surface area (Å²) >= 11 is 5.74. The van der Waals surface area contributed by atoms with Crippen molar-refractivity contribution in [3.8, 4) is 0 Å². The first kappa shape index (κ1) is 15.8. The van der Waals surface area contributed by atoms with Gasteiger partial charge in [0.25, 0.3) is 10.0 Å². The first-order valence-electron chi connectivity index (χ1n) is 6.28. The Kier molecular flexibility index (Phi) is 4.87. The van der Waals surface area contributed by atoms with E-state index in [1.807, 2.05) is 6.92 Å². The van der Waals surface area contributed by atoms with Crippen LogP contribution >= 0.6 is 11.6 Å². The molecule has 0 aliphatic carbocycles. The van der Waals surface area contributed by atoms with E-state index in [4.69, 9.17) is 11.6 Å². The third kappa shape index (κ3) is 3.96. The summed E-state index contributed by atoms with van der Waals surface area (Å²) < 4.78 is 40.2. The van der Waals surface area contributed by atoms with E-state index in [0.717, 1.165) is 18.3 Å². The molecular formula is C13H15ClFN3O2S. The summed E-state index contributed by atoms with van der Waals surface area (Å²) in [6, 6.07) is 5.17. The van der Waals surface area contributed by atoms with E-state index in [0.29, 0.717) is 6.54 Å². The van der Waals surface area contributed by atoms with Gasteiger partial charge < -0.3 is 10.3 Å². The summed E-state index contributed by atoms with van der Waals surface area (Å²) in [5, 5.41) is 3.32. The van der Waals surface area contributed by atoms with Gasteiger partial charge in [0.15, 0.2) is 0 Å². The fraction of sp³-hybridized carbons (Fsp3) is 0.231. The van der Waals surface area contributed by atoms with Crippen molar-refractivity contribution in [2.75, 3.05) is 11.3 Å². The summed E-state index contributed by atoms with van der Waals surface area (Å²) in [5.74, 6) is -0.689. The van der Waals surface area contributed by atoms with Gasteiger partial charge in [0.2, 0.25) is 0 Å². The van der Waals surface area contributed by atoms with Gasteiger partial charge in [0, 0.05) is 23.5 Å². The molecule has 8 heteroatoms. The molecule has 3 N–H and O–H groups in total. The number of anilines is 1. The Morgan fingerprint density at radius 3 is 2.81 bits per heavy atom. The molecular weight excluding hydrogens is 317 g/mol. The summed E-state index contributed by atoms with van der Waals surface area (Å²) in [6.07, 6.45) is 1.36. The monoisotopic (exact) mass is 331 g/mol. The lowest BCUT2D eigenvalue weighted by atomic mass is 10.3. The molecule has 0 saturated carbocycles. The number of aromatic amines is 1. The topological polar surface area (TPSA) is 74.0 Å². The van der Waals surface area contributed by atoms with Crippen molar-refractivity contribution >= 4 is 27.3 Å². The van der Waals surface area contributed by atoms with Crippen LogP contribution < -0.4 is 10.0 Å². The van der Waals surface area contributed by atoms with Crippen LogP contribution in [0, 0.1) is 5.82 Å². The van der Waals surface area contributed by atoms with Crippen LogP contribution in [0.3, 0.4) is 0 Å². The summed E-state index contributed by atoms with van der Waals surface area (Å²) in [7, 11) is -3.86. The number of rotatable bonds is 6. The molecule has 0 bridgehead atoms. The maximum Gasteiger partial charge on any atom is 0.263 e. The number of hydrogen-bond donors (Lipinski definition) is 3. The smallest absolute Gasteiger partial charge is 0.263 e. The summed E-state index contributed by atoms with van der Waals surface area (Å²) in [4.78, 5) is 2.89. The summed E-state index contributed by atoms with van der Waals surface area (Å²) in [5.41, 5.74) is 0.542. The Balaban J connectivity index is 2.22. The Hall–Kier alpha value is -1.57. The van der Waals surface area contributed by atoms with Gasteiger partial charge in [-0.05, 0) is 30.8 Å². The van der Waals surface area contributed by atoms with Crippen LogP contribution in [0.1, 0.15) is 12.6 Å². The SMILES string of the molecule is CCNCc1cc(S(=O)(=O)Nc2cc(Cl)ccc2F)c[nH]1. The first-order valence-corrected chi connectivity index (χ1v) is 8.14. The zero-order valence-electron chi connectivity index (χ0n) is 11.3. The van der Waals surface area contributed by atoms with Crippen LogP contribution in [0.2, 0.25) is 5.02 Å². The molecule has 0 fully saturated rings. The molecule has 114 valence electrons. The van der Waals surface area contributed by atoms with Crippen LogP contribution in [0.4, 0.5) is 10.1 Å². The fourth-order valence-electron chi connectivity index (χ4n) is 1.72. The van der Waals surface area contributed by atoms with E-state index >= 15 is 0 Å². The van der Waals surface area contributed by atoms with E-state index in [2.05, 4.69) is 15.0 Å². The molecule has 0 aliphatic heterocycles. The predicted molar refractivity (Wildman–Crippen MR) is 80.4 cm³/mol. The van der Waals surface area contributed by atoms with Crippen LogP contribution in [-0.4, -0.2) is 19.9 Å². The zero-order valence-corrected chi connectivity index (χ0v) is 12.9. The highest BCUT2D eigenvalue weighted by molar-refractivity contribution is 7.92. The van der Waals surface area contributed by atoms with E-state index < -0.39 is 15.8 Å². The van der Waals surface area contributed by atoms with Crippen molar-refractivity contribution < 1.29 is 12.8 Å². The number of H-pyrrole nitrogens is 1. The molecule has 21 heavy (non-hydrogen) atoms. The molecule has 1 aromatic heterocycles. The first-order chi connectivity index (χ1) is 9.92. The highest BCUT2D eigenvalue weighted by atomic mass is 35.5. The van der Waals surface area contributed by atoms with Crippen molar-refractivity contribution in [3.05, 3.63) is 47.0 Å². The lowest BCUT2D eigenvalue weighted by Crippen LogP contribution is -2.13. The third-order valence-corrected chi connectivity index (χ3v) is 4.34. The van der Waals surface area contributed by atoms with Crippen molar-refractivity contribution in [2.45, 2.75) is 18.4 Å².